The zero-order chi connectivity index (χ0) is 16.9. The third-order valence-corrected chi connectivity index (χ3v) is 4.70. The maximum atomic E-state index is 12.6. The number of pyridine rings is 1. The molecule has 3 rings (SSSR count). The normalized spacial score (nSPS) is 19.0. The fourth-order valence-electron chi connectivity index (χ4n) is 3.43. The Hall–Kier alpha value is -1.69. The summed E-state index contributed by atoms with van der Waals surface area (Å²) in [5.41, 5.74) is 1.93. The van der Waals surface area contributed by atoms with Crippen LogP contribution in [0.3, 0.4) is 0 Å². The van der Waals surface area contributed by atoms with Crippen LogP contribution in [0.1, 0.15) is 18.4 Å². The van der Waals surface area contributed by atoms with Crippen molar-refractivity contribution in [2.45, 2.75) is 25.5 Å². The first kappa shape index (κ1) is 17.1. The van der Waals surface area contributed by atoms with E-state index >= 15 is 0 Å². The van der Waals surface area contributed by atoms with E-state index in [4.69, 9.17) is 9.47 Å². The number of piperidine rings is 1. The van der Waals surface area contributed by atoms with Gasteiger partial charge in [0, 0.05) is 32.8 Å². The Kier molecular flexibility index (Phi) is 5.66. The molecule has 0 aliphatic carbocycles. The smallest absolute Gasteiger partial charge is 0.255 e. The van der Waals surface area contributed by atoms with Crippen molar-refractivity contribution in [1.82, 2.24) is 9.47 Å². The van der Waals surface area contributed by atoms with Gasteiger partial charge in [-0.2, -0.15) is 0 Å². The van der Waals surface area contributed by atoms with Gasteiger partial charge >= 0.3 is 0 Å². The van der Waals surface area contributed by atoms with Crippen molar-refractivity contribution in [1.29, 1.82) is 0 Å². The van der Waals surface area contributed by atoms with Crippen LogP contribution in [-0.2, 0) is 23.1 Å². The van der Waals surface area contributed by atoms with Gasteiger partial charge in [0.1, 0.15) is 0 Å². The number of hydrogen-bond donors (Lipinski definition) is 0. The molecule has 2 aromatic rings. The predicted molar refractivity (Wildman–Crippen MR) is 95.3 cm³/mol. The molecule has 1 aliphatic heterocycles. The lowest BCUT2D eigenvalue weighted by atomic mass is 10.1. The molecule has 1 saturated heterocycles. The highest BCUT2D eigenvalue weighted by atomic mass is 16.5. The summed E-state index contributed by atoms with van der Waals surface area (Å²) in [4.78, 5) is 15.0. The summed E-state index contributed by atoms with van der Waals surface area (Å²) < 4.78 is 12.7. The van der Waals surface area contributed by atoms with Crippen LogP contribution in [0.5, 0.6) is 0 Å². The molecule has 1 unspecified atom stereocenters. The van der Waals surface area contributed by atoms with E-state index in [1.807, 2.05) is 31.3 Å². The average Bonchev–Trinajstić information content (AvgIpc) is 2.60. The van der Waals surface area contributed by atoms with Crippen molar-refractivity contribution in [3.63, 3.8) is 0 Å². The van der Waals surface area contributed by atoms with E-state index in [0.717, 1.165) is 42.4 Å². The molecule has 1 atom stereocenters. The maximum absolute atomic E-state index is 12.6. The Morgan fingerprint density at radius 3 is 2.92 bits per heavy atom. The van der Waals surface area contributed by atoms with Crippen molar-refractivity contribution in [2.75, 3.05) is 33.4 Å². The summed E-state index contributed by atoms with van der Waals surface area (Å²) in [6, 6.07) is 10.1. The van der Waals surface area contributed by atoms with E-state index in [9.17, 15) is 4.79 Å². The first-order chi connectivity index (χ1) is 11.7. The minimum absolute atomic E-state index is 0.0936. The van der Waals surface area contributed by atoms with Crippen LogP contribution in [-0.4, -0.2) is 49.0 Å². The summed E-state index contributed by atoms with van der Waals surface area (Å²) >= 11 is 0. The molecule has 0 radical (unpaired) electrons. The summed E-state index contributed by atoms with van der Waals surface area (Å²) in [6.07, 6.45) is 2.42. The van der Waals surface area contributed by atoms with Gasteiger partial charge in [0.25, 0.3) is 5.56 Å². The number of para-hydroxylation sites is 1. The number of nitrogens with zero attached hydrogens (tertiary/aromatic N) is 2. The Balaban J connectivity index is 1.72. The van der Waals surface area contributed by atoms with Gasteiger partial charge in [-0.1, -0.05) is 18.2 Å². The van der Waals surface area contributed by atoms with Crippen LogP contribution in [0, 0.1) is 0 Å². The topological polar surface area (TPSA) is 43.7 Å². The molecule has 0 N–H and O–H groups in total. The third-order valence-electron chi connectivity index (χ3n) is 4.70. The maximum Gasteiger partial charge on any atom is 0.255 e. The van der Waals surface area contributed by atoms with Gasteiger partial charge in [-0.15, -0.1) is 0 Å². The molecule has 0 bridgehead atoms. The van der Waals surface area contributed by atoms with Crippen molar-refractivity contribution >= 4 is 10.9 Å². The molecule has 5 nitrogen and oxygen atoms in total. The van der Waals surface area contributed by atoms with Crippen LogP contribution in [0.2, 0.25) is 0 Å². The molecule has 130 valence electrons. The van der Waals surface area contributed by atoms with Gasteiger partial charge in [-0.25, -0.2) is 0 Å². The lowest BCUT2D eigenvalue weighted by molar-refractivity contribution is -0.0224. The monoisotopic (exact) mass is 330 g/mol. The van der Waals surface area contributed by atoms with Crippen molar-refractivity contribution in [3.8, 4) is 0 Å². The summed E-state index contributed by atoms with van der Waals surface area (Å²) in [6.45, 7) is 3.83. The van der Waals surface area contributed by atoms with Gasteiger partial charge in [-0.05, 0) is 36.9 Å². The van der Waals surface area contributed by atoms with Crippen molar-refractivity contribution < 1.29 is 9.47 Å². The first-order valence-electron chi connectivity index (χ1n) is 8.59. The number of likely N-dealkylation sites (tertiary alicyclic amines) is 1. The molecule has 1 aliphatic rings. The number of hydrogen-bond acceptors (Lipinski definition) is 4. The van der Waals surface area contributed by atoms with Crippen LogP contribution in [0.4, 0.5) is 0 Å². The lowest BCUT2D eigenvalue weighted by Crippen LogP contribution is -2.40. The highest BCUT2D eigenvalue weighted by Gasteiger charge is 2.21. The number of aryl methyl sites for hydroxylation is 1. The number of methoxy groups -OCH3 is 1. The van der Waals surface area contributed by atoms with Gasteiger partial charge in [0.05, 0.1) is 24.8 Å². The van der Waals surface area contributed by atoms with Crippen LogP contribution in [0.25, 0.3) is 10.9 Å². The zero-order valence-electron chi connectivity index (χ0n) is 14.5. The SMILES string of the molecule is COCCOC1CCCN(Cc2cc3ccccc3n(C)c2=O)C1. The molecule has 0 spiro atoms. The van der Waals surface area contributed by atoms with Crippen LogP contribution >= 0.6 is 0 Å². The van der Waals surface area contributed by atoms with Gasteiger partial charge in [-0.3, -0.25) is 9.69 Å². The second-order valence-electron chi connectivity index (χ2n) is 6.46. The average molecular weight is 330 g/mol. The van der Waals surface area contributed by atoms with E-state index in [1.165, 1.54) is 0 Å². The fourth-order valence-corrected chi connectivity index (χ4v) is 3.43. The third kappa shape index (κ3) is 3.86. The molecule has 2 heterocycles. The number of aromatic nitrogens is 1. The standard InChI is InChI=1S/C19H26N2O3/c1-20-18-8-4-3-6-15(18)12-16(19(20)22)13-21-9-5-7-17(14-21)24-11-10-23-2/h3-4,6,8,12,17H,5,7,9-11,13-14H2,1-2H3. The molecule has 0 amide bonds. The molecular weight excluding hydrogens is 304 g/mol. The van der Waals surface area contributed by atoms with Gasteiger partial charge < -0.3 is 14.0 Å². The summed E-state index contributed by atoms with van der Waals surface area (Å²) in [5.74, 6) is 0. The highest BCUT2D eigenvalue weighted by Crippen LogP contribution is 2.17. The highest BCUT2D eigenvalue weighted by molar-refractivity contribution is 5.79. The molecule has 24 heavy (non-hydrogen) atoms. The predicted octanol–water partition coefficient (Wildman–Crippen LogP) is 2.17. The van der Waals surface area contributed by atoms with E-state index in [-0.39, 0.29) is 11.7 Å². The number of ether oxygens (including phenoxy) is 2. The first-order valence-corrected chi connectivity index (χ1v) is 8.59. The quantitative estimate of drug-likeness (QED) is 0.762. The lowest BCUT2D eigenvalue weighted by Gasteiger charge is -2.32. The largest absolute Gasteiger partial charge is 0.382 e. The zero-order valence-corrected chi connectivity index (χ0v) is 14.5. The molecule has 5 heteroatoms. The van der Waals surface area contributed by atoms with E-state index in [2.05, 4.69) is 11.0 Å². The van der Waals surface area contributed by atoms with Gasteiger partial charge in [0.2, 0.25) is 0 Å². The number of benzene rings is 1. The fraction of sp³-hybridized carbons (Fsp3) is 0.526. The second-order valence-corrected chi connectivity index (χ2v) is 6.46. The Labute approximate surface area is 142 Å². The minimum Gasteiger partial charge on any atom is -0.382 e. The Bertz CT molecular complexity index is 741. The number of rotatable bonds is 6. The Morgan fingerprint density at radius 1 is 1.25 bits per heavy atom. The molecule has 1 aromatic carbocycles. The van der Waals surface area contributed by atoms with Crippen LogP contribution < -0.4 is 5.56 Å². The number of fused-ring (bicyclic) bond motifs is 1. The second kappa shape index (κ2) is 7.92. The van der Waals surface area contributed by atoms with Crippen LogP contribution in [0.15, 0.2) is 35.1 Å². The molecule has 1 aromatic heterocycles. The van der Waals surface area contributed by atoms with E-state index in [1.54, 1.807) is 11.7 Å². The summed E-state index contributed by atoms with van der Waals surface area (Å²) in [7, 11) is 3.53. The minimum atomic E-state index is 0.0936. The molecule has 0 saturated carbocycles. The van der Waals surface area contributed by atoms with E-state index in [0.29, 0.717) is 19.8 Å². The summed E-state index contributed by atoms with van der Waals surface area (Å²) in [5, 5.41) is 1.11. The van der Waals surface area contributed by atoms with Crippen molar-refractivity contribution in [3.05, 3.63) is 46.2 Å². The van der Waals surface area contributed by atoms with E-state index < -0.39 is 0 Å². The van der Waals surface area contributed by atoms with Crippen molar-refractivity contribution in [2.24, 2.45) is 7.05 Å². The molecule has 1 fully saturated rings. The van der Waals surface area contributed by atoms with Gasteiger partial charge in [0.15, 0.2) is 0 Å². The Morgan fingerprint density at radius 2 is 2.08 bits per heavy atom. The molecular formula is C19H26N2O3.